The summed E-state index contributed by atoms with van der Waals surface area (Å²) < 4.78 is 5.38. The monoisotopic (exact) mass is 569 g/mol. The van der Waals surface area contributed by atoms with Crippen LogP contribution >= 0.6 is 0 Å². The Hall–Kier alpha value is -4.05. The number of nitrogens with one attached hydrogen (secondary N) is 1. The molecule has 0 aliphatic carbocycles. The highest BCUT2D eigenvalue weighted by molar-refractivity contribution is 6.12. The molecule has 5 rings (SSSR count). The Kier molecular flexibility index (Phi) is 9.97. The van der Waals surface area contributed by atoms with E-state index in [9.17, 15) is 14.4 Å². The van der Waals surface area contributed by atoms with E-state index in [2.05, 4.69) is 22.3 Å². The van der Waals surface area contributed by atoms with Gasteiger partial charge in [0.2, 0.25) is 11.8 Å². The number of carbonyl (C=O) groups is 3. The van der Waals surface area contributed by atoms with E-state index in [-0.39, 0.29) is 29.6 Å². The van der Waals surface area contributed by atoms with E-state index >= 15 is 0 Å². The van der Waals surface area contributed by atoms with Crippen LogP contribution in [0.5, 0.6) is 0 Å². The molecule has 220 valence electrons. The Balaban J connectivity index is 1.41. The van der Waals surface area contributed by atoms with Crippen LogP contribution in [0.15, 0.2) is 72.8 Å². The molecule has 2 aliphatic rings. The third-order valence-electron chi connectivity index (χ3n) is 7.87. The van der Waals surface area contributed by atoms with Crippen LogP contribution in [0.3, 0.4) is 0 Å². The predicted octanol–water partition coefficient (Wildman–Crippen LogP) is 3.86. The fourth-order valence-corrected chi connectivity index (χ4v) is 5.56. The molecule has 9 heteroatoms. The summed E-state index contributed by atoms with van der Waals surface area (Å²) in [4.78, 5) is 45.4. The lowest BCUT2D eigenvalue weighted by Gasteiger charge is -2.27. The van der Waals surface area contributed by atoms with E-state index in [0.29, 0.717) is 38.4 Å². The number of nitrogens with two attached hydrogens (primary N) is 1. The molecule has 0 atom stereocenters. The van der Waals surface area contributed by atoms with Gasteiger partial charge in [-0.05, 0) is 80.4 Å². The first-order chi connectivity index (χ1) is 20.5. The first kappa shape index (κ1) is 29.4. The lowest BCUT2D eigenvalue weighted by molar-refractivity contribution is -0.118. The summed E-state index contributed by atoms with van der Waals surface area (Å²) in [6.07, 6.45) is 3.23. The number of ether oxygens (including phenoxy) is 1. The number of benzene rings is 3. The molecular formula is C33H39N5O4. The van der Waals surface area contributed by atoms with Gasteiger partial charge >= 0.3 is 0 Å². The van der Waals surface area contributed by atoms with Crippen LogP contribution in [-0.2, 0) is 9.53 Å². The maximum absolute atomic E-state index is 14.2. The number of amides is 3. The summed E-state index contributed by atoms with van der Waals surface area (Å²) in [5.74, 6) is -1.14. The molecule has 2 fully saturated rings. The normalized spacial score (nSPS) is 15.8. The van der Waals surface area contributed by atoms with Crippen LogP contribution in [0.1, 0.15) is 40.0 Å². The van der Waals surface area contributed by atoms with E-state index in [1.807, 2.05) is 47.4 Å². The maximum Gasteiger partial charge on any atom is 0.260 e. The summed E-state index contributed by atoms with van der Waals surface area (Å²) in [7, 11) is 0. The Morgan fingerprint density at radius 3 is 2.21 bits per heavy atom. The van der Waals surface area contributed by atoms with Crippen molar-refractivity contribution in [2.75, 3.05) is 69.2 Å². The molecule has 3 aromatic rings. The standard InChI is InChI=1S/C33H39N5O4/c34-32(40)27-11-14-29(30(23-27)35-31(39)24-37-19-21-42-22-20-37)33(41)38(18-6-17-36-15-4-5-16-36)28-12-9-26(10-13-28)25-7-2-1-3-8-25/h1-3,7-14,23H,4-6,15-22,24H2,(H2,34,40)(H,35,39). The molecule has 3 aromatic carbocycles. The lowest BCUT2D eigenvalue weighted by atomic mass is 10.0. The minimum Gasteiger partial charge on any atom is -0.379 e. The third-order valence-corrected chi connectivity index (χ3v) is 7.87. The second kappa shape index (κ2) is 14.2. The Bertz CT molecular complexity index is 1370. The van der Waals surface area contributed by atoms with Crippen molar-refractivity contribution in [3.05, 3.63) is 83.9 Å². The predicted molar refractivity (Wildman–Crippen MR) is 165 cm³/mol. The molecule has 0 saturated carbocycles. The van der Waals surface area contributed by atoms with Gasteiger partial charge in [-0.1, -0.05) is 42.5 Å². The minimum absolute atomic E-state index is 0.165. The number of hydrogen-bond donors (Lipinski definition) is 2. The number of rotatable bonds is 11. The molecule has 42 heavy (non-hydrogen) atoms. The second-order valence-corrected chi connectivity index (χ2v) is 10.8. The van der Waals surface area contributed by atoms with Gasteiger partial charge < -0.3 is 25.6 Å². The average molecular weight is 570 g/mol. The molecule has 3 amide bonds. The minimum atomic E-state index is -0.628. The number of carbonyl (C=O) groups excluding carboxylic acids is 3. The first-order valence-corrected chi connectivity index (χ1v) is 14.7. The summed E-state index contributed by atoms with van der Waals surface area (Å²) >= 11 is 0. The van der Waals surface area contributed by atoms with E-state index in [1.54, 1.807) is 11.0 Å². The molecule has 9 nitrogen and oxygen atoms in total. The quantitative estimate of drug-likeness (QED) is 0.363. The van der Waals surface area contributed by atoms with Crippen LogP contribution in [0.2, 0.25) is 0 Å². The number of likely N-dealkylation sites (tertiary alicyclic amines) is 1. The fourth-order valence-electron chi connectivity index (χ4n) is 5.56. The van der Waals surface area contributed by atoms with Gasteiger partial charge in [0.15, 0.2) is 0 Å². The molecule has 3 N–H and O–H groups in total. The molecule has 0 spiro atoms. The molecule has 0 unspecified atom stereocenters. The van der Waals surface area contributed by atoms with Crippen molar-refractivity contribution < 1.29 is 19.1 Å². The van der Waals surface area contributed by atoms with E-state index in [0.717, 1.165) is 42.9 Å². The van der Waals surface area contributed by atoms with Gasteiger partial charge in [0.25, 0.3) is 5.91 Å². The number of hydrogen-bond acceptors (Lipinski definition) is 6. The fraction of sp³-hybridized carbons (Fsp3) is 0.364. The van der Waals surface area contributed by atoms with Crippen LogP contribution in [0.25, 0.3) is 11.1 Å². The zero-order chi connectivity index (χ0) is 29.3. The maximum atomic E-state index is 14.2. The number of primary amides is 1. The van der Waals surface area contributed by atoms with Gasteiger partial charge in [-0.15, -0.1) is 0 Å². The Labute approximate surface area is 247 Å². The van der Waals surface area contributed by atoms with Gasteiger partial charge in [0, 0.05) is 30.9 Å². The van der Waals surface area contributed by atoms with Crippen LogP contribution in [0.4, 0.5) is 11.4 Å². The van der Waals surface area contributed by atoms with E-state index in [4.69, 9.17) is 10.5 Å². The second-order valence-electron chi connectivity index (χ2n) is 10.8. The van der Waals surface area contributed by atoms with E-state index < -0.39 is 5.91 Å². The first-order valence-electron chi connectivity index (χ1n) is 14.7. The summed E-state index contributed by atoms with van der Waals surface area (Å²) in [5, 5.41) is 2.89. The molecule has 0 radical (unpaired) electrons. The Morgan fingerprint density at radius 2 is 1.52 bits per heavy atom. The average Bonchev–Trinajstić information content (AvgIpc) is 3.54. The van der Waals surface area contributed by atoms with Crippen molar-refractivity contribution in [2.24, 2.45) is 5.73 Å². The summed E-state index contributed by atoms with van der Waals surface area (Å²) in [5.41, 5.74) is 9.29. The molecule has 0 bridgehead atoms. The molecule has 2 saturated heterocycles. The van der Waals surface area contributed by atoms with Crippen molar-refractivity contribution in [1.82, 2.24) is 9.80 Å². The van der Waals surface area contributed by atoms with Gasteiger partial charge in [-0.3, -0.25) is 19.3 Å². The van der Waals surface area contributed by atoms with Gasteiger partial charge in [0.1, 0.15) is 0 Å². The highest BCUT2D eigenvalue weighted by Gasteiger charge is 2.24. The largest absolute Gasteiger partial charge is 0.379 e. The topological polar surface area (TPSA) is 108 Å². The van der Waals surface area contributed by atoms with Crippen LogP contribution < -0.4 is 16.0 Å². The van der Waals surface area contributed by atoms with E-state index in [1.165, 1.54) is 25.0 Å². The van der Waals surface area contributed by atoms with Crippen molar-refractivity contribution in [3.63, 3.8) is 0 Å². The Morgan fingerprint density at radius 1 is 0.833 bits per heavy atom. The number of morpholine rings is 1. The summed E-state index contributed by atoms with van der Waals surface area (Å²) in [6, 6.07) is 22.7. The van der Waals surface area contributed by atoms with Crippen molar-refractivity contribution in [1.29, 1.82) is 0 Å². The third kappa shape index (κ3) is 7.61. The van der Waals surface area contributed by atoms with Crippen molar-refractivity contribution >= 4 is 29.1 Å². The van der Waals surface area contributed by atoms with Crippen molar-refractivity contribution in [3.8, 4) is 11.1 Å². The summed E-state index contributed by atoms with van der Waals surface area (Å²) in [6.45, 7) is 6.23. The lowest BCUT2D eigenvalue weighted by Crippen LogP contribution is -2.41. The zero-order valence-corrected chi connectivity index (χ0v) is 24.0. The highest BCUT2D eigenvalue weighted by Crippen LogP contribution is 2.27. The molecule has 0 aromatic heterocycles. The smallest absolute Gasteiger partial charge is 0.260 e. The van der Waals surface area contributed by atoms with Gasteiger partial charge in [-0.25, -0.2) is 0 Å². The molecular weight excluding hydrogens is 530 g/mol. The molecule has 2 aliphatic heterocycles. The van der Waals surface area contributed by atoms with Crippen LogP contribution in [-0.4, -0.2) is 86.5 Å². The SMILES string of the molecule is NC(=O)c1ccc(C(=O)N(CCCN2CCCC2)c2ccc(-c3ccccc3)cc2)c(NC(=O)CN2CCOCC2)c1. The van der Waals surface area contributed by atoms with Crippen LogP contribution in [0, 0.1) is 0 Å². The number of nitrogens with zero attached hydrogens (tertiary/aromatic N) is 3. The number of anilines is 2. The highest BCUT2D eigenvalue weighted by atomic mass is 16.5. The zero-order valence-electron chi connectivity index (χ0n) is 24.0. The van der Waals surface area contributed by atoms with Crippen molar-refractivity contribution in [2.45, 2.75) is 19.3 Å². The van der Waals surface area contributed by atoms with Gasteiger partial charge in [0.05, 0.1) is 31.0 Å². The van der Waals surface area contributed by atoms with Gasteiger partial charge in [-0.2, -0.15) is 0 Å². The molecule has 2 heterocycles.